The van der Waals surface area contributed by atoms with Crippen LogP contribution in [0.5, 0.6) is 0 Å². The molecule has 0 bridgehead atoms. The van der Waals surface area contributed by atoms with Gasteiger partial charge in [0, 0.05) is 19.4 Å². The monoisotopic (exact) mass is 288 g/mol. The van der Waals surface area contributed by atoms with E-state index in [9.17, 15) is 10.1 Å². The fourth-order valence-corrected chi connectivity index (χ4v) is 1.94. The van der Waals surface area contributed by atoms with Crippen LogP contribution in [0.3, 0.4) is 0 Å². The number of aromatic nitrogens is 3. The maximum atomic E-state index is 11.2. The smallest absolute Gasteiger partial charge is 0.332 e. The van der Waals surface area contributed by atoms with E-state index in [1.165, 1.54) is 0 Å². The van der Waals surface area contributed by atoms with E-state index in [4.69, 9.17) is 0 Å². The van der Waals surface area contributed by atoms with Crippen LogP contribution in [0, 0.1) is 17.0 Å². The number of nitrogens with one attached hydrogen (secondary N) is 2. The van der Waals surface area contributed by atoms with E-state index in [0.29, 0.717) is 11.6 Å². The second kappa shape index (κ2) is 6.12. The molecule has 0 aliphatic rings. The van der Waals surface area contributed by atoms with Gasteiger partial charge in [0.1, 0.15) is 5.69 Å². The normalized spacial score (nSPS) is 11.8. The number of anilines is 2. The Balaban J connectivity index is 2.38. The van der Waals surface area contributed by atoms with Gasteiger partial charge in [-0.1, -0.05) is 0 Å². The van der Waals surface area contributed by atoms with Gasteiger partial charge in [-0.15, -0.1) is 0 Å². The summed E-state index contributed by atoms with van der Waals surface area (Å²) in [5.74, 6) is 0.531. The molecule has 2 rings (SSSR count). The lowest BCUT2D eigenvalue weighted by Crippen LogP contribution is -2.13. The van der Waals surface area contributed by atoms with Gasteiger partial charge in [0.15, 0.2) is 0 Å². The Morgan fingerprint density at radius 1 is 1.29 bits per heavy atom. The van der Waals surface area contributed by atoms with Crippen molar-refractivity contribution in [2.45, 2.75) is 19.9 Å². The van der Waals surface area contributed by atoms with Crippen LogP contribution in [0.1, 0.15) is 24.2 Å². The Morgan fingerprint density at radius 2 is 1.95 bits per heavy atom. The summed E-state index contributed by atoms with van der Waals surface area (Å²) in [6, 6.07) is 3.54. The molecule has 2 N–H and O–H groups in total. The van der Waals surface area contributed by atoms with Crippen molar-refractivity contribution in [3.05, 3.63) is 45.9 Å². The molecule has 1 atom stereocenters. The molecule has 0 aliphatic heterocycles. The lowest BCUT2D eigenvalue weighted by Gasteiger charge is -2.15. The van der Waals surface area contributed by atoms with Crippen molar-refractivity contribution >= 4 is 17.5 Å². The van der Waals surface area contributed by atoms with Crippen molar-refractivity contribution in [3.8, 4) is 0 Å². The molecule has 0 radical (unpaired) electrons. The Hall–Kier alpha value is -2.77. The molecule has 0 amide bonds. The summed E-state index contributed by atoms with van der Waals surface area (Å²) in [4.78, 5) is 22.9. The van der Waals surface area contributed by atoms with Gasteiger partial charge in [-0.3, -0.25) is 15.1 Å². The van der Waals surface area contributed by atoms with Crippen molar-refractivity contribution in [2.75, 3.05) is 17.7 Å². The molecule has 0 spiro atoms. The third kappa shape index (κ3) is 3.22. The zero-order chi connectivity index (χ0) is 15.4. The SMILES string of the molecule is CNc1nc(C)c([N+](=O)[O-])c(NC(C)c2ccncc2)n1. The number of pyridine rings is 1. The molecule has 110 valence electrons. The van der Waals surface area contributed by atoms with Gasteiger partial charge in [0.05, 0.1) is 11.0 Å². The Morgan fingerprint density at radius 3 is 2.52 bits per heavy atom. The summed E-state index contributed by atoms with van der Waals surface area (Å²) in [7, 11) is 1.66. The van der Waals surface area contributed by atoms with Crippen LogP contribution in [0.15, 0.2) is 24.5 Å². The van der Waals surface area contributed by atoms with E-state index in [2.05, 4.69) is 25.6 Å². The van der Waals surface area contributed by atoms with Gasteiger partial charge < -0.3 is 10.6 Å². The first-order valence-electron chi connectivity index (χ1n) is 6.40. The van der Waals surface area contributed by atoms with Crippen LogP contribution in [0.2, 0.25) is 0 Å². The molecular formula is C13H16N6O2. The number of rotatable bonds is 5. The van der Waals surface area contributed by atoms with E-state index in [-0.39, 0.29) is 17.5 Å². The van der Waals surface area contributed by atoms with Crippen LogP contribution in [-0.2, 0) is 0 Å². The molecule has 2 heterocycles. The molecule has 1 unspecified atom stereocenters. The van der Waals surface area contributed by atoms with Crippen molar-refractivity contribution in [2.24, 2.45) is 0 Å². The lowest BCUT2D eigenvalue weighted by atomic mass is 10.1. The molecule has 2 aromatic rings. The van der Waals surface area contributed by atoms with E-state index >= 15 is 0 Å². The minimum atomic E-state index is -0.476. The molecule has 0 aliphatic carbocycles. The summed E-state index contributed by atoms with van der Waals surface area (Å²) >= 11 is 0. The minimum absolute atomic E-state index is 0.116. The second-order valence-corrected chi connectivity index (χ2v) is 4.48. The lowest BCUT2D eigenvalue weighted by molar-refractivity contribution is -0.385. The zero-order valence-electron chi connectivity index (χ0n) is 12.0. The third-order valence-electron chi connectivity index (χ3n) is 3.02. The maximum absolute atomic E-state index is 11.2. The molecule has 8 heteroatoms. The Bertz CT molecular complexity index is 647. The van der Waals surface area contributed by atoms with Crippen molar-refractivity contribution in [1.29, 1.82) is 0 Å². The van der Waals surface area contributed by atoms with E-state index in [0.717, 1.165) is 5.56 Å². The largest absolute Gasteiger partial charge is 0.358 e. The van der Waals surface area contributed by atoms with E-state index in [1.54, 1.807) is 26.4 Å². The molecule has 0 saturated carbocycles. The first-order valence-corrected chi connectivity index (χ1v) is 6.40. The highest BCUT2D eigenvalue weighted by Gasteiger charge is 2.23. The topological polar surface area (TPSA) is 106 Å². The number of hydrogen-bond donors (Lipinski definition) is 2. The van der Waals surface area contributed by atoms with E-state index in [1.807, 2.05) is 19.1 Å². The molecular weight excluding hydrogens is 272 g/mol. The van der Waals surface area contributed by atoms with Crippen LogP contribution in [0.4, 0.5) is 17.5 Å². The number of nitrogens with zero attached hydrogens (tertiary/aromatic N) is 4. The highest BCUT2D eigenvalue weighted by atomic mass is 16.6. The average Bonchev–Trinajstić information content (AvgIpc) is 2.47. The number of aryl methyl sites for hydroxylation is 1. The van der Waals surface area contributed by atoms with Gasteiger partial charge in [0.2, 0.25) is 11.8 Å². The predicted octanol–water partition coefficient (Wildman–Crippen LogP) is 2.30. The first kappa shape index (κ1) is 14.6. The van der Waals surface area contributed by atoms with Crippen molar-refractivity contribution in [1.82, 2.24) is 15.0 Å². The number of nitro groups is 1. The fraction of sp³-hybridized carbons (Fsp3) is 0.308. The summed E-state index contributed by atoms with van der Waals surface area (Å²) in [6.45, 7) is 3.48. The quantitative estimate of drug-likeness (QED) is 0.642. The molecule has 2 aromatic heterocycles. The zero-order valence-corrected chi connectivity index (χ0v) is 12.0. The van der Waals surface area contributed by atoms with Gasteiger partial charge in [0.25, 0.3) is 0 Å². The highest BCUT2D eigenvalue weighted by Crippen LogP contribution is 2.29. The standard InChI is InChI=1S/C13H16N6O2/c1-8(10-4-6-15-7-5-10)16-12-11(19(20)21)9(2)17-13(14-3)18-12/h4-8H,1-3H3,(H2,14,16,17,18). The Kier molecular flexibility index (Phi) is 4.27. The highest BCUT2D eigenvalue weighted by molar-refractivity contribution is 5.61. The van der Waals surface area contributed by atoms with Gasteiger partial charge in [-0.05, 0) is 31.5 Å². The van der Waals surface area contributed by atoms with Crippen LogP contribution in [-0.4, -0.2) is 26.9 Å². The molecule has 0 saturated heterocycles. The summed E-state index contributed by atoms with van der Waals surface area (Å²) < 4.78 is 0. The van der Waals surface area contributed by atoms with Gasteiger partial charge in [-0.2, -0.15) is 4.98 Å². The Labute approximate surface area is 121 Å². The van der Waals surface area contributed by atoms with E-state index < -0.39 is 4.92 Å². The summed E-state index contributed by atoms with van der Waals surface area (Å²) in [6.07, 6.45) is 3.35. The molecule has 0 fully saturated rings. The summed E-state index contributed by atoms with van der Waals surface area (Å²) in [5.41, 5.74) is 1.15. The third-order valence-corrected chi connectivity index (χ3v) is 3.02. The molecule has 8 nitrogen and oxygen atoms in total. The fourth-order valence-electron chi connectivity index (χ4n) is 1.94. The van der Waals surface area contributed by atoms with Crippen molar-refractivity contribution in [3.63, 3.8) is 0 Å². The van der Waals surface area contributed by atoms with Gasteiger partial charge in [-0.25, -0.2) is 4.98 Å². The maximum Gasteiger partial charge on any atom is 0.332 e. The summed E-state index contributed by atoms with van der Waals surface area (Å²) in [5, 5.41) is 17.1. The average molecular weight is 288 g/mol. The van der Waals surface area contributed by atoms with Crippen LogP contribution < -0.4 is 10.6 Å². The first-order chi connectivity index (χ1) is 10.0. The second-order valence-electron chi connectivity index (χ2n) is 4.48. The van der Waals surface area contributed by atoms with Gasteiger partial charge >= 0.3 is 5.69 Å². The van der Waals surface area contributed by atoms with Crippen LogP contribution >= 0.6 is 0 Å². The van der Waals surface area contributed by atoms with Crippen LogP contribution in [0.25, 0.3) is 0 Å². The minimum Gasteiger partial charge on any atom is -0.358 e. The molecule has 21 heavy (non-hydrogen) atoms. The molecule has 0 aromatic carbocycles. The number of hydrogen-bond acceptors (Lipinski definition) is 7. The van der Waals surface area contributed by atoms with Crippen molar-refractivity contribution < 1.29 is 4.92 Å². The predicted molar refractivity (Wildman–Crippen MR) is 79.2 cm³/mol.